The molecule has 0 amide bonds. The molecule has 2 bridgehead atoms. The van der Waals surface area contributed by atoms with Crippen molar-refractivity contribution in [2.45, 2.75) is 74.7 Å². The van der Waals surface area contributed by atoms with Crippen LogP contribution >= 0.6 is 11.8 Å². The topological polar surface area (TPSA) is 71.4 Å². The molecule has 3 rings (SSSR count). The molecule has 3 fully saturated rings. The van der Waals surface area contributed by atoms with Crippen LogP contribution in [-0.4, -0.2) is 43.1 Å². The first-order valence-electron chi connectivity index (χ1n) is 10.5. The number of thioether (sulfide) groups is 1. The Bertz CT molecular complexity index is 583. The van der Waals surface area contributed by atoms with E-state index in [1.54, 1.807) is 6.08 Å². The van der Waals surface area contributed by atoms with Crippen LogP contribution < -0.4 is 0 Å². The summed E-state index contributed by atoms with van der Waals surface area (Å²) in [6.07, 6.45) is 13.4. The van der Waals surface area contributed by atoms with Crippen molar-refractivity contribution in [3.8, 4) is 0 Å². The van der Waals surface area contributed by atoms with Crippen LogP contribution in [0.3, 0.4) is 0 Å². The van der Waals surface area contributed by atoms with Gasteiger partial charge in [0.15, 0.2) is 5.78 Å². The van der Waals surface area contributed by atoms with Crippen molar-refractivity contribution in [3.05, 3.63) is 12.2 Å². The van der Waals surface area contributed by atoms with Crippen LogP contribution in [0.25, 0.3) is 0 Å². The Morgan fingerprint density at radius 2 is 1.78 bits per heavy atom. The van der Waals surface area contributed by atoms with Crippen molar-refractivity contribution < 1.29 is 18.9 Å². The molecule has 1 unspecified atom stereocenters. The molecule has 1 saturated carbocycles. The van der Waals surface area contributed by atoms with Crippen molar-refractivity contribution in [2.75, 3.05) is 11.5 Å². The molecule has 6 heteroatoms. The van der Waals surface area contributed by atoms with Gasteiger partial charge in [-0.05, 0) is 56.4 Å². The van der Waals surface area contributed by atoms with Crippen molar-refractivity contribution in [3.63, 3.8) is 0 Å². The lowest BCUT2D eigenvalue weighted by atomic mass is 9.78. The number of fused-ring (bicyclic) bond motifs is 2. The van der Waals surface area contributed by atoms with E-state index in [-0.39, 0.29) is 24.0 Å². The smallest absolute Gasteiger partial charge is 0.303 e. The van der Waals surface area contributed by atoms with E-state index < -0.39 is 16.8 Å². The van der Waals surface area contributed by atoms with Gasteiger partial charge in [-0.15, -0.1) is 0 Å². The Balaban J connectivity index is 1.51. The largest absolute Gasteiger partial charge is 0.481 e. The predicted octanol–water partition coefficient (Wildman–Crippen LogP) is 4.21. The van der Waals surface area contributed by atoms with Gasteiger partial charge in [0.1, 0.15) is 0 Å². The molecule has 2 saturated heterocycles. The van der Waals surface area contributed by atoms with E-state index in [9.17, 15) is 13.8 Å². The number of carbonyl (C=O) groups excluding carboxylic acids is 1. The molecular weight excluding hydrogens is 380 g/mol. The third-order valence-electron chi connectivity index (χ3n) is 6.32. The Labute approximate surface area is 169 Å². The number of carboxylic acid groups (broad SMARTS) is 1. The lowest BCUT2D eigenvalue weighted by molar-refractivity contribution is -0.137. The van der Waals surface area contributed by atoms with Crippen LogP contribution in [0.2, 0.25) is 0 Å². The zero-order chi connectivity index (χ0) is 19.2. The molecule has 1 aliphatic carbocycles. The van der Waals surface area contributed by atoms with Gasteiger partial charge in [0, 0.05) is 45.1 Å². The molecule has 0 aromatic rings. The van der Waals surface area contributed by atoms with E-state index in [2.05, 4.69) is 0 Å². The number of carbonyl (C=O) groups is 2. The normalized spacial score (nSPS) is 32.1. The van der Waals surface area contributed by atoms with E-state index in [4.69, 9.17) is 5.11 Å². The Morgan fingerprint density at radius 3 is 2.52 bits per heavy atom. The standard InChI is InChI=1S/C21H32O4S2/c22-17(9-5-2-6-10-20(23)24)21-16(18-11-12-19(21)26-18)14-27(25)13-15-7-3-1-4-8-15/h5,9,15-16,18-19,21H,1-4,6-8,10-14H2,(H,23,24)/t16-,18+,19-,21+,27?/m1/s1. The van der Waals surface area contributed by atoms with Gasteiger partial charge in [-0.1, -0.05) is 25.3 Å². The number of allylic oxidation sites excluding steroid dienone is 2. The SMILES string of the molecule is O=C(O)CCCC=CC(=O)[C@@H]1[C@H](CS(=O)CC2CCCCC2)[C@@H]2CC[C@H]1S2. The molecule has 0 aromatic carbocycles. The minimum atomic E-state index is -0.815. The highest BCUT2D eigenvalue weighted by atomic mass is 32.2. The van der Waals surface area contributed by atoms with Gasteiger partial charge in [-0.25, -0.2) is 0 Å². The zero-order valence-corrected chi connectivity index (χ0v) is 17.6. The second-order valence-corrected chi connectivity index (χ2v) is 11.4. The molecule has 2 heterocycles. The monoisotopic (exact) mass is 412 g/mol. The Morgan fingerprint density at radius 1 is 1.04 bits per heavy atom. The number of hydrogen-bond acceptors (Lipinski definition) is 4. The lowest BCUT2D eigenvalue weighted by Gasteiger charge is -2.28. The molecular formula is C21H32O4S2. The number of unbranched alkanes of at least 4 members (excludes halogenated alkanes) is 1. The third kappa shape index (κ3) is 5.93. The fourth-order valence-corrected chi connectivity index (χ4v) is 8.91. The van der Waals surface area contributed by atoms with E-state index in [0.29, 0.717) is 35.0 Å². The van der Waals surface area contributed by atoms with Crippen molar-refractivity contribution in [1.82, 2.24) is 0 Å². The summed E-state index contributed by atoms with van der Waals surface area (Å²) in [5, 5.41) is 9.57. The van der Waals surface area contributed by atoms with E-state index in [1.165, 1.54) is 32.1 Å². The van der Waals surface area contributed by atoms with Crippen molar-refractivity contribution in [2.24, 2.45) is 17.8 Å². The molecule has 0 spiro atoms. The average molecular weight is 413 g/mol. The molecule has 4 nitrogen and oxygen atoms in total. The minimum absolute atomic E-state index is 0.0137. The van der Waals surface area contributed by atoms with Crippen molar-refractivity contribution in [1.29, 1.82) is 0 Å². The van der Waals surface area contributed by atoms with Gasteiger partial charge in [-0.3, -0.25) is 13.8 Å². The van der Waals surface area contributed by atoms with Crippen LogP contribution in [-0.2, 0) is 20.4 Å². The highest BCUT2D eigenvalue weighted by Crippen LogP contribution is 2.53. The summed E-state index contributed by atoms with van der Waals surface area (Å²) in [7, 11) is -0.815. The average Bonchev–Trinajstić information content (AvgIpc) is 3.23. The van der Waals surface area contributed by atoms with Crippen LogP contribution in [0.1, 0.15) is 64.2 Å². The van der Waals surface area contributed by atoms with E-state index in [0.717, 1.165) is 18.6 Å². The lowest BCUT2D eigenvalue weighted by Crippen LogP contribution is -2.36. The summed E-state index contributed by atoms with van der Waals surface area (Å²) in [6, 6.07) is 0. The summed E-state index contributed by atoms with van der Waals surface area (Å²) in [6.45, 7) is 0. The summed E-state index contributed by atoms with van der Waals surface area (Å²) < 4.78 is 12.8. The van der Waals surface area contributed by atoms with Gasteiger partial charge < -0.3 is 5.11 Å². The Hall–Kier alpha value is -0.620. The van der Waals surface area contributed by atoms with Gasteiger partial charge in [0.05, 0.1) is 0 Å². The number of rotatable bonds is 10. The first-order valence-corrected chi connectivity index (χ1v) is 12.9. The molecule has 5 atom stereocenters. The number of carboxylic acids is 1. The molecule has 0 radical (unpaired) electrons. The maximum atomic E-state index is 12.8. The molecule has 152 valence electrons. The van der Waals surface area contributed by atoms with Crippen LogP contribution in [0.4, 0.5) is 0 Å². The first-order chi connectivity index (χ1) is 13.0. The van der Waals surface area contributed by atoms with Crippen molar-refractivity contribution >= 4 is 34.3 Å². The summed E-state index contributed by atoms with van der Waals surface area (Å²) in [4.78, 5) is 23.4. The maximum absolute atomic E-state index is 12.8. The van der Waals surface area contributed by atoms with Gasteiger partial charge >= 0.3 is 5.97 Å². The van der Waals surface area contributed by atoms with Crippen LogP contribution in [0.15, 0.2) is 12.2 Å². The van der Waals surface area contributed by atoms with E-state index >= 15 is 0 Å². The fraction of sp³-hybridized carbons (Fsp3) is 0.810. The molecule has 0 aromatic heterocycles. The van der Waals surface area contributed by atoms with Crippen LogP contribution in [0.5, 0.6) is 0 Å². The maximum Gasteiger partial charge on any atom is 0.303 e. The summed E-state index contributed by atoms with van der Waals surface area (Å²) in [5.41, 5.74) is 0. The minimum Gasteiger partial charge on any atom is -0.481 e. The number of hydrogen-bond donors (Lipinski definition) is 1. The Kier molecular flexibility index (Phi) is 8.00. The molecule has 2 aliphatic heterocycles. The second kappa shape index (κ2) is 10.2. The summed E-state index contributed by atoms with van der Waals surface area (Å²) in [5.74, 6) is 1.78. The molecule has 27 heavy (non-hydrogen) atoms. The van der Waals surface area contributed by atoms with Gasteiger partial charge in [0.25, 0.3) is 0 Å². The number of aliphatic carboxylic acids is 1. The fourth-order valence-electron chi connectivity index (χ4n) is 4.96. The predicted molar refractivity (Wildman–Crippen MR) is 111 cm³/mol. The third-order valence-corrected chi connectivity index (χ3v) is 9.73. The van der Waals surface area contributed by atoms with E-state index in [1.807, 2.05) is 17.8 Å². The van der Waals surface area contributed by atoms with Gasteiger partial charge in [0.2, 0.25) is 0 Å². The quantitative estimate of drug-likeness (QED) is 0.430. The zero-order valence-electron chi connectivity index (χ0n) is 16.0. The highest BCUT2D eigenvalue weighted by Gasteiger charge is 2.51. The van der Waals surface area contributed by atoms with Crippen LogP contribution in [0, 0.1) is 17.8 Å². The first kappa shape index (κ1) is 21.1. The molecule has 3 aliphatic rings. The second-order valence-electron chi connectivity index (χ2n) is 8.35. The van der Waals surface area contributed by atoms with Gasteiger partial charge in [-0.2, -0.15) is 11.8 Å². The summed E-state index contributed by atoms with van der Waals surface area (Å²) >= 11 is 1.94. The molecule has 1 N–H and O–H groups in total. The highest BCUT2D eigenvalue weighted by molar-refractivity contribution is 8.01. The number of ketones is 1.